The van der Waals surface area contributed by atoms with Crippen molar-refractivity contribution in [3.05, 3.63) is 0 Å². The Hall–Kier alpha value is -0.120. The number of hydrogen-bond donors (Lipinski definition) is 3. The first-order valence-electron chi connectivity index (χ1n) is 4.80. The highest BCUT2D eigenvalue weighted by Gasteiger charge is 2.54. The summed E-state index contributed by atoms with van der Waals surface area (Å²) in [5.41, 5.74) is -1.07. The summed E-state index contributed by atoms with van der Waals surface area (Å²) in [6.45, 7) is 5.69. The molecule has 0 aromatic carbocycles. The molecule has 0 amide bonds. The highest BCUT2D eigenvalue weighted by molar-refractivity contribution is 5.03. The van der Waals surface area contributed by atoms with Gasteiger partial charge in [0.1, 0.15) is 0 Å². The third-order valence-corrected chi connectivity index (χ3v) is 3.76. The lowest BCUT2D eigenvalue weighted by atomic mass is 9.50. The number of hydrogen-bond acceptors (Lipinski definition) is 3. The standard InChI is InChI=1S/C10H20O3/c1-9(2)7(5-11)4-8(9)10(3,13)6-12/h7-8,11-13H,4-6H2,1-3H3/t7-,8-,10+/m0/s1. The van der Waals surface area contributed by atoms with Crippen molar-refractivity contribution >= 4 is 0 Å². The van der Waals surface area contributed by atoms with Gasteiger partial charge in [0.15, 0.2) is 0 Å². The van der Waals surface area contributed by atoms with Crippen LogP contribution >= 0.6 is 0 Å². The van der Waals surface area contributed by atoms with Gasteiger partial charge < -0.3 is 15.3 Å². The van der Waals surface area contributed by atoms with E-state index >= 15 is 0 Å². The van der Waals surface area contributed by atoms with Crippen molar-refractivity contribution in [2.45, 2.75) is 32.8 Å². The topological polar surface area (TPSA) is 60.7 Å². The van der Waals surface area contributed by atoms with Gasteiger partial charge in [-0.25, -0.2) is 0 Å². The fourth-order valence-corrected chi connectivity index (χ4v) is 2.49. The Kier molecular flexibility index (Phi) is 2.72. The molecule has 0 bridgehead atoms. The molecular formula is C10H20O3. The Balaban J connectivity index is 2.68. The Morgan fingerprint density at radius 3 is 2.23 bits per heavy atom. The summed E-state index contributed by atoms with van der Waals surface area (Å²) in [5.74, 6) is 0.345. The van der Waals surface area contributed by atoms with Crippen LogP contribution in [-0.4, -0.2) is 34.1 Å². The maximum absolute atomic E-state index is 9.86. The van der Waals surface area contributed by atoms with Gasteiger partial charge in [0.25, 0.3) is 0 Å². The van der Waals surface area contributed by atoms with E-state index in [4.69, 9.17) is 10.2 Å². The van der Waals surface area contributed by atoms with Crippen molar-refractivity contribution in [3.63, 3.8) is 0 Å². The Labute approximate surface area is 79.4 Å². The molecule has 0 aromatic heterocycles. The third-order valence-electron chi connectivity index (χ3n) is 3.76. The summed E-state index contributed by atoms with van der Waals surface area (Å²) in [7, 11) is 0. The van der Waals surface area contributed by atoms with Crippen LogP contribution in [-0.2, 0) is 0 Å². The predicted octanol–water partition coefficient (Wildman–Crippen LogP) is 0.384. The van der Waals surface area contributed by atoms with Crippen LogP contribution in [0, 0.1) is 17.3 Å². The van der Waals surface area contributed by atoms with E-state index in [1.165, 1.54) is 0 Å². The molecule has 0 spiro atoms. The summed E-state index contributed by atoms with van der Waals surface area (Å²) in [6.07, 6.45) is 0.803. The first-order valence-corrected chi connectivity index (χ1v) is 4.80. The zero-order valence-corrected chi connectivity index (χ0v) is 8.62. The molecule has 1 aliphatic carbocycles. The van der Waals surface area contributed by atoms with Gasteiger partial charge in [0, 0.05) is 6.61 Å². The van der Waals surface area contributed by atoms with Crippen molar-refractivity contribution in [2.24, 2.45) is 17.3 Å². The minimum Gasteiger partial charge on any atom is -0.396 e. The van der Waals surface area contributed by atoms with E-state index in [2.05, 4.69) is 0 Å². The fourth-order valence-electron chi connectivity index (χ4n) is 2.49. The van der Waals surface area contributed by atoms with Gasteiger partial charge in [-0.2, -0.15) is 0 Å². The van der Waals surface area contributed by atoms with Gasteiger partial charge in [-0.05, 0) is 30.6 Å². The van der Waals surface area contributed by atoms with E-state index in [0.717, 1.165) is 6.42 Å². The van der Waals surface area contributed by atoms with Crippen molar-refractivity contribution < 1.29 is 15.3 Å². The molecule has 3 heteroatoms. The van der Waals surface area contributed by atoms with Gasteiger partial charge in [-0.15, -0.1) is 0 Å². The normalized spacial score (nSPS) is 36.5. The van der Waals surface area contributed by atoms with Crippen LogP contribution < -0.4 is 0 Å². The predicted molar refractivity (Wildman–Crippen MR) is 50.2 cm³/mol. The maximum Gasteiger partial charge on any atom is 0.0882 e. The second-order valence-corrected chi connectivity index (χ2v) is 5.00. The zero-order valence-electron chi connectivity index (χ0n) is 8.62. The molecule has 1 aliphatic rings. The van der Waals surface area contributed by atoms with Gasteiger partial charge in [0.2, 0.25) is 0 Å². The van der Waals surface area contributed by atoms with Crippen molar-refractivity contribution in [2.75, 3.05) is 13.2 Å². The molecule has 3 atom stereocenters. The van der Waals surface area contributed by atoms with E-state index in [1.807, 2.05) is 13.8 Å². The molecule has 13 heavy (non-hydrogen) atoms. The Bertz CT molecular complexity index is 187. The molecule has 0 radical (unpaired) electrons. The monoisotopic (exact) mass is 188 g/mol. The van der Waals surface area contributed by atoms with Crippen molar-refractivity contribution in [1.82, 2.24) is 0 Å². The second kappa shape index (κ2) is 3.23. The maximum atomic E-state index is 9.86. The first-order chi connectivity index (χ1) is 5.86. The molecule has 3 N–H and O–H groups in total. The van der Waals surface area contributed by atoms with Gasteiger partial charge in [-0.3, -0.25) is 0 Å². The molecule has 0 aliphatic heterocycles. The van der Waals surface area contributed by atoms with Gasteiger partial charge >= 0.3 is 0 Å². The zero-order chi connectivity index (χ0) is 10.3. The van der Waals surface area contributed by atoms with E-state index in [0.29, 0.717) is 0 Å². The number of aliphatic hydroxyl groups is 3. The number of rotatable bonds is 3. The summed E-state index contributed by atoms with van der Waals surface area (Å²) in [6, 6.07) is 0. The summed E-state index contributed by atoms with van der Waals surface area (Å²) < 4.78 is 0. The smallest absolute Gasteiger partial charge is 0.0882 e. The van der Waals surface area contributed by atoms with Crippen LogP contribution in [0.25, 0.3) is 0 Å². The average Bonchev–Trinajstić information content (AvgIpc) is 2.03. The second-order valence-electron chi connectivity index (χ2n) is 5.00. The lowest BCUT2D eigenvalue weighted by Gasteiger charge is -2.56. The highest BCUT2D eigenvalue weighted by Crippen LogP contribution is 2.55. The van der Waals surface area contributed by atoms with Crippen LogP contribution in [0.3, 0.4) is 0 Å². The molecule has 1 rings (SSSR count). The quantitative estimate of drug-likeness (QED) is 0.600. The molecule has 78 valence electrons. The molecular weight excluding hydrogens is 168 g/mol. The molecule has 0 unspecified atom stereocenters. The third kappa shape index (κ3) is 1.60. The van der Waals surface area contributed by atoms with Crippen LogP contribution in [0.15, 0.2) is 0 Å². The van der Waals surface area contributed by atoms with Crippen LogP contribution in [0.1, 0.15) is 27.2 Å². The highest BCUT2D eigenvalue weighted by atomic mass is 16.3. The van der Waals surface area contributed by atoms with Crippen molar-refractivity contribution in [1.29, 1.82) is 0 Å². The van der Waals surface area contributed by atoms with E-state index in [-0.39, 0.29) is 30.5 Å². The van der Waals surface area contributed by atoms with Crippen LogP contribution in [0.5, 0.6) is 0 Å². The molecule has 1 saturated carbocycles. The van der Waals surface area contributed by atoms with Gasteiger partial charge in [-0.1, -0.05) is 13.8 Å². The summed E-state index contributed by atoms with van der Waals surface area (Å²) in [5, 5.41) is 27.9. The SMILES string of the molecule is CC1(C)[C@H](CO)C[C@@H]1[C@](C)(O)CO. The molecule has 0 aromatic rings. The minimum atomic E-state index is -1.00. The van der Waals surface area contributed by atoms with E-state index in [1.54, 1.807) is 6.92 Å². The molecule has 3 nitrogen and oxygen atoms in total. The first kappa shape index (κ1) is 11.0. The summed E-state index contributed by atoms with van der Waals surface area (Å²) in [4.78, 5) is 0. The van der Waals surface area contributed by atoms with E-state index in [9.17, 15) is 5.11 Å². The molecule has 0 saturated heterocycles. The van der Waals surface area contributed by atoms with E-state index < -0.39 is 5.60 Å². The van der Waals surface area contributed by atoms with Crippen LogP contribution in [0.2, 0.25) is 0 Å². The van der Waals surface area contributed by atoms with Crippen LogP contribution in [0.4, 0.5) is 0 Å². The lowest BCUT2D eigenvalue weighted by molar-refractivity contribution is -0.173. The Morgan fingerprint density at radius 1 is 1.38 bits per heavy atom. The lowest BCUT2D eigenvalue weighted by Crippen LogP contribution is -2.58. The fraction of sp³-hybridized carbons (Fsp3) is 1.00. The van der Waals surface area contributed by atoms with Crippen molar-refractivity contribution in [3.8, 4) is 0 Å². The Morgan fingerprint density at radius 2 is 1.92 bits per heavy atom. The minimum absolute atomic E-state index is 0.0685. The largest absolute Gasteiger partial charge is 0.396 e. The molecule has 1 fully saturated rings. The summed E-state index contributed by atoms with van der Waals surface area (Å²) >= 11 is 0. The average molecular weight is 188 g/mol. The van der Waals surface area contributed by atoms with Gasteiger partial charge in [0.05, 0.1) is 12.2 Å². The number of aliphatic hydroxyl groups excluding tert-OH is 2. The molecule has 0 heterocycles.